The van der Waals surface area contributed by atoms with Crippen molar-refractivity contribution in [3.8, 4) is 0 Å². The van der Waals surface area contributed by atoms with Gasteiger partial charge in [0, 0.05) is 34.0 Å². The lowest BCUT2D eigenvalue weighted by molar-refractivity contribution is -0.127. The SMILES string of the molecule is C[C@H]1CC(C)(C)N(C)c2cc(Cl)c(/C=C3\NC(=O)N(CC(=O)Nc4ccc(Cl)cc4)C3=O)cc21. The number of anilines is 2. The molecule has 2 N–H and O–H groups in total. The fraction of sp³-hybridized carbons (Fsp3) is 0.320. The molecule has 1 fully saturated rings. The van der Waals surface area contributed by atoms with Gasteiger partial charge in [0.1, 0.15) is 12.2 Å². The van der Waals surface area contributed by atoms with Crippen molar-refractivity contribution in [3.05, 3.63) is 63.3 Å². The molecule has 0 radical (unpaired) electrons. The van der Waals surface area contributed by atoms with Crippen LogP contribution in [0.3, 0.4) is 0 Å². The maximum Gasteiger partial charge on any atom is 0.329 e. The molecule has 0 spiro atoms. The van der Waals surface area contributed by atoms with E-state index in [0.717, 1.165) is 22.6 Å². The zero-order valence-electron chi connectivity index (χ0n) is 19.4. The zero-order chi connectivity index (χ0) is 24.8. The van der Waals surface area contributed by atoms with Crippen LogP contribution in [0.25, 0.3) is 6.08 Å². The third-order valence-electron chi connectivity index (χ3n) is 6.44. The summed E-state index contributed by atoms with van der Waals surface area (Å²) in [4.78, 5) is 40.8. The molecular weight excluding hydrogens is 475 g/mol. The monoisotopic (exact) mass is 500 g/mol. The number of benzene rings is 2. The summed E-state index contributed by atoms with van der Waals surface area (Å²) in [5, 5.41) is 6.21. The second-order valence-electron chi connectivity index (χ2n) is 9.34. The molecule has 1 atom stereocenters. The topological polar surface area (TPSA) is 81.8 Å². The van der Waals surface area contributed by atoms with Crippen LogP contribution < -0.4 is 15.5 Å². The van der Waals surface area contributed by atoms with Crippen molar-refractivity contribution in [3.63, 3.8) is 0 Å². The Bertz CT molecular complexity index is 1210. The third-order valence-corrected chi connectivity index (χ3v) is 7.02. The van der Waals surface area contributed by atoms with Crippen molar-refractivity contribution in [2.45, 2.75) is 38.6 Å². The Morgan fingerprint density at radius 1 is 1.21 bits per heavy atom. The van der Waals surface area contributed by atoms with E-state index in [-0.39, 0.29) is 11.2 Å². The number of fused-ring (bicyclic) bond motifs is 1. The fourth-order valence-electron chi connectivity index (χ4n) is 4.46. The number of urea groups is 1. The molecule has 34 heavy (non-hydrogen) atoms. The summed E-state index contributed by atoms with van der Waals surface area (Å²) < 4.78 is 0. The van der Waals surface area contributed by atoms with E-state index in [4.69, 9.17) is 23.2 Å². The molecule has 7 nitrogen and oxygen atoms in total. The first-order chi connectivity index (χ1) is 16.0. The lowest BCUT2D eigenvalue weighted by atomic mass is 9.80. The van der Waals surface area contributed by atoms with E-state index >= 15 is 0 Å². The van der Waals surface area contributed by atoms with Gasteiger partial charge in [-0.05, 0) is 79.8 Å². The van der Waals surface area contributed by atoms with Crippen LogP contribution in [0.2, 0.25) is 10.0 Å². The van der Waals surface area contributed by atoms with E-state index in [1.54, 1.807) is 30.3 Å². The Balaban J connectivity index is 1.54. The molecule has 2 heterocycles. The number of nitrogens with one attached hydrogen (secondary N) is 2. The Labute approximate surface area is 208 Å². The van der Waals surface area contributed by atoms with E-state index in [1.807, 2.05) is 19.2 Å². The predicted octanol–water partition coefficient (Wildman–Crippen LogP) is 5.25. The van der Waals surface area contributed by atoms with Gasteiger partial charge >= 0.3 is 6.03 Å². The van der Waals surface area contributed by atoms with Gasteiger partial charge < -0.3 is 15.5 Å². The summed E-state index contributed by atoms with van der Waals surface area (Å²) in [5.74, 6) is -0.785. The highest BCUT2D eigenvalue weighted by Crippen LogP contribution is 2.44. The molecule has 0 bridgehead atoms. The van der Waals surface area contributed by atoms with Gasteiger partial charge in [-0.1, -0.05) is 30.1 Å². The van der Waals surface area contributed by atoms with Gasteiger partial charge in [0.25, 0.3) is 5.91 Å². The van der Waals surface area contributed by atoms with Gasteiger partial charge in [-0.2, -0.15) is 0 Å². The van der Waals surface area contributed by atoms with Gasteiger partial charge in [0.2, 0.25) is 5.91 Å². The largest absolute Gasteiger partial charge is 0.369 e. The van der Waals surface area contributed by atoms with Gasteiger partial charge in [-0.25, -0.2) is 9.69 Å². The minimum atomic E-state index is -0.661. The average Bonchev–Trinajstić information content (AvgIpc) is 3.02. The minimum Gasteiger partial charge on any atom is -0.369 e. The van der Waals surface area contributed by atoms with Gasteiger partial charge in [0.15, 0.2) is 0 Å². The lowest BCUT2D eigenvalue weighted by Gasteiger charge is -2.45. The maximum absolute atomic E-state index is 12.9. The standard InChI is InChI=1S/C25H26Cl2N4O3/c1-14-12-25(2,3)30(4)21-11-19(27)15(9-18(14)21)10-20-23(33)31(24(34)29-20)13-22(32)28-17-7-5-16(26)6-8-17/h5-11,14H,12-13H2,1-4H3,(H,28,32)(H,29,34)/b20-10-/t14-/m0/s1. The molecule has 2 aromatic carbocycles. The molecule has 2 aliphatic rings. The Kier molecular flexibility index (Phi) is 6.36. The number of hydrogen-bond acceptors (Lipinski definition) is 4. The van der Waals surface area contributed by atoms with Crippen LogP contribution in [0.4, 0.5) is 16.2 Å². The molecule has 0 aromatic heterocycles. The quantitative estimate of drug-likeness (QED) is 0.443. The Morgan fingerprint density at radius 2 is 1.88 bits per heavy atom. The first-order valence-electron chi connectivity index (χ1n) is 10.9. The number of rotatable bonds is 4. The first-order valence-corrected chi connectivity index (χ1v) is 11.7. The van der Waals surface area contributed by atoms with Crippen molar-refractivity contribution in [2.75, 3.05) is 23.8 Å². The summed E-state index contributed by atoms with van der Waals surface area (Å²) in [5.41, 5.74) is 3.41. The Morgan fingerprint density at radius 3 is 2.56 bits per heavy atom. The second-order valence-corrected chi connectivity index (χ2v) is 10.2. The van der Waals surface area contributed by atoms with Crippen LogP contribution in [-0.2, 0) is 9.59 Å². The van der Waals surface area contributed by atoms with Crippen molar-refractivity contribution in [1.29, 1.82) is 0 Å². The Hall–Kier alpha value is -3.03. The van der Waals surface area contributed by atoms with Crippen molar-refractivity contribution in [2.24, 2.45) is 0 Å². The molecule has 0 saturated carbocycles. The van der Waals surface area contributed by atoms with Crippen LogP contribution in [0.15, 0.2) is 42.1 Å². The average molecular weight is 501 g/mol. The van der Waals surface area contributed by atoms with E-state index in [2.05, 4.69) is 36.3 Å². The van der Waals surface area contributed by atoms with Crippen LogP contribution in [-0.4, -0.2) is 41.9 Å². The van der Waals surface area contributed by atoms with Crippen LogP contribution in [0, 0.1) is 0 Å². The van der Waals surface area contributed by atoms with E-state index < -0.39 is 24.4 Å². The highest BCUT2D eigenvalue weighted by molar-refractivity contribution is 6.32. The number of nitrogens with zero attached hydrogens (tertiary/aromatic N) is 2. The molecule has 4 rings (SSSR count). The van der Waals surface area contributed by atoms with Crippen LogP contribution >= 0.6 is 23.2 Å². The van der Waals surface area contributed by atoms with Crippen molar-refractivity contribution in [1.82, 2.24) is 10.2 Å². The molecular formula is C25H26Cl2N4O3. The third kappa shape index (κ3) is 4.63. The van der Waals surface area contributed by atoms with Crippen molar-refractivity contribution < 1.29 is 14.4 Å². The van der Waals surface area contributed by atoms with Crippen LogP contribution in [0.1, 0.15) is 44.2 Å². The zero-order valence-corrected chi connectivity index (χ0v) is 20.9. The minimum absolute atomic E-state index is 0.00178. The number of carbonyl (C=O) groups excluding carboxylic acids is 3. The molecule has 2 aromatic rings. The number of imide groups is 1. The maximum atomic E-state index is 12.9. The predicted molar refractivity (Wildman–Crippen MR) is 135 cm³/mol. The summed E-state index contributed by atoms with van der Waals surface area (Å²) in [6.45, 7) is 6.14. The molecule has 9 heteroatoms. The summed E-state index contributed by atoms with van der Waals surface area (Å²) in [6.07, 6.45) is 2.53. The number of amides is 4. The van der Waals surface area contributed by atoms with Gasteiger partial charge in [-0.15, -0.1) is 0 Å². The lowest BCUT2D eigenvalue weighted by Crippen LogP contribution is -2.45. The normalized spacial score (nSPS) is 20.4. The summed E-state index contributed by atoms with van der Waals surface area (Å²) >= 11 is 12.4. The number of carbonyl (C=O) groups is 3. The summed E-state index contributed by atoms with van der Waals surface area (Å²) in [6, 6.07) is 9.74. The molecule has 178 valence electrons. The van der Waals surface area contributed by atoms with Crippen LogP contribution in [0.5, 0.6) is 0 Å². The fourth-order valence-corrected chi connectivity index (χ4v) is 4.80. The highest BCUT2D eigenvalue weighted by atomic mass is 35.5. The van der Waals surface area contributed by atoms with Crippen molar-refractivity contribution >= 4 is 58.5 Å². The highest BCUT2D eigenvalue weighted by Gasteiger charge is 2.36. The molecule has 4 amide bonds. The van der Waals surface area contributed by atoms with E-state index in [1.165, 1.54) is 0 Å². The van der Waals surface area contributed by atoms with E-state index in [0.29, 0.717) is 27.2 Å². The molecule has 0 aliphatic carbocycles. The molecule has 0 unspecified atom stereocenters. The van der Waals surface area contributed by atoms with Gasteiger partial charge in [-0.3, -0.25) is 9.59 Å². The number of halogens is 2. The smallest absolute Gasteiger partial charge is 0.329 e. The van der Waals surface area contributed by atoms with Gasteiger partial charge in [0.05, 0.1) is 0 Å². The molecule has 2 aliphatic heterocycles. The van der Waals surface area contributed by atoms with E-state index in [9.17, 15) is 14.4 Å². The molecule has 1 saturated heterocycles. The summed E-state index contributed by atoms with van der Waals surface area (Å²) in [7, 11) is 2.05. The number of hydrogen-bond donors (Lipinski definition) is 2. The second kappa shape index (κ2) is 8.96. The first kappa shape index (κ1) is 24.1.